The third-order valence-electron chi connectivity index (χ3n) is 4.11. The van der Waals surface area contributed by atoms with Crippen molar-refractivity contribution in [1.82, 2.24) is 4.98 Å². The lowest BCUT2D eigenvalue weighted by Gasteiger charge is -2.11. The van der Waals surface area contributed by atoms with E-state index in [9.17, 15) is 4.79 Å². The maximum atomic E-state index is 12.1. The maximum Gasteiger partial charge on any atom is 0.227 e. The number of aromatic nitrogens is 1. The second-order valence-electron chi connectivity index (χ2n) is 6.25. The summed E-state index contributed by atoms with van der Waals surface area (Å²) in [7, 11) is 0. The van der Waals surface area contributed by atoms with Crippen molar-refractivity contribution in [3.63, 3.8) is 0 Å². The number of nitrogens with zero attached hydrogens (tertiary/aromatic N) is 1. The first-order valence-corrected chi connectivity index (χ1v) is 8.35. The number of rotatable bonds is 5. The summed E-state index contributed by atoms with van der Waals surface area (Å²) in [6, 6.07) is 13.5. The number of amides is 1. The van der Waals surface area contributed by atoms with Crippen LogP contribution in [-0.2, 0) is 4.79 Å². The molecule has 3 rings (SSSR count). The highest BCUT2D eigenvalue weighted by Crippen LogP contribution is 2.26. The number of fused-ring (bicyclic) bond motifs is 1. The van der Waals surface area contributed by atoms with Crippen molar-refractivity contribution >= 4 is 22.7 Å². The Morgan fingerprint density at radius 1 is 1.21 bits per heavy atom. The molecule has 124 valence electrons. The molecule has 4 heteroatoms. The first kappa shape index (κ1) is 16.2. The van der Waals surface area contributed by atoms with Crippen molar-refractivity contribution in [2.45, 2.75) is 33.6 Å². The van der Waals surface area contributed by atoms with Gasteiger partial charge in [0.15, 0.2) is 5.58 Å². The second-order valence-corrected chi connectivity index (χ2v) is 6.25. The van der Waals surface area contributed by atoms with Gasteiger partial charge in [-0.05, 0) is 55.3 Å². The average Bonchev–Trinajstić information content (AvgIpc) is 2.98. The van der Waals surface area contributed by atoms with Gasteiger partial charge in [0.1, 0.15) is 5.52 Å². The minimum Gasteiger partial charge on any atom is -0.436 e. The molecule has 0 unspecified atom stereocenters. The maximum absolute atomic E-state index is 12.1. The molecule has 0 saturated heterocycles. The smallest absolute Gasteiger partial charge is 0.227 e. The Hall–Kier alpha value is -2.62. The van der Waals surface area contributed by atoms with Crippen molar-refractivity contribution in [2.75, 3.05) is 5.32 Å². The van der Waals surface area contributed by atoms with E-state index in [4.69, 9.17) is 4.42 Å². The minimum atomic E-state index is 0.0231. The molecule has 0 spiro atoms. The Morgan fingerprint density at radius 3 is 2.67 bits per heavy atom. The Morgan fingerprint density at radius 2 is 1.96 bits per heavy atom. The van der Waals surface area contributed by atoms with Gasteiger partial charge in [0.2, 0.25) is 11.8 Å². The zero-order valence-electron chi connectivity index (χ0n) is 14.3. The van der Waals surface area contributed by atoms with Crippen molar-refractivity contribution in [1.29, 1.82) is 0 Å². The van der Waals surface area contributed by atoms with Gasteiger partial charge in [-0.3, -0.25) is 4.79 Å². The minimum absolute atomic E-state index is 0.0231. The van der Waals surface area contributed by atoms with Crippen LogP contribution in [0.5, 0.6) is 0 Å². The highest BCUT2D eigenvalue weighted by molar-refractivity contribution is 5.92. The summed E-state index contributed by atoms with van der Waals surface area (Å²) in [5.41, 5.74) is 4.47. The Bertz CT molecular complexity index is 850. The number of aryl methyl sites for hydroxylation is 1. The number of carbonyl (C=O) groups is 1. The molecule has 0 radical (unpaired) electrons. The lowest BCUT2D eigenvalue weighted by atomic mass is 10.1. The first-order valence-electron chi connectivity index (χ1n) is 8.35. The van der Waals surface area contributed by atoms with Crippen LogP contribution in [0, 0.1) is 12.8 Å². The SMILES string of the molecule is CCC[C@H](C)C(=O)Nc1ccc(-c2nc3cc(C)ccc3o2)cc1. The molecule has 0 aliphatic carbocycles. The third kappa shape index (κ3) is 3.48. The summed E-state index contributed by atoms with van der Waals surface area (Å²) < 4.78 is 5.80. The summed E-state index contributed by atoms with van der Waals surface area (Å²) in [6.45, 7) is 6.07. The molecule has 1 amide bonds. The molecule has 2 aromatic carbocycles. The zero-order chi connectivity index (χ0) is 17.1. The molecule has 0 aliphatic heterocycles. The number of nitrogens with one attached hydrogen (secondary N) is 1. The van der Waals surface area contributed by atoms with Crippen LogP contribution in [0.25, 0.3) is 22.6 Å². The highest BCUT2D eigenvalue weighted by atomic mass is 16.3. The van der Waals surface area contributed by atoms with Crippen LogP contribution in [0.15, 0.2) is 46.9 Å². The number of oxazole rings is 1. The van der Waals surface area contributed by atoms with E-state index < -0.39 is 0 Å². The average molecular weight is 322 g/mol. The molecule has 24 heavy (non-hydrogen) atoms. The summed E-state index contributed by atoms with van der Waals surface area (Å²) in [5, 5.41) is 2.95. The van der Waals surface area contributed by atoms with Crippen molar-refractivity contribution < 1.29 is 9.21 Å². The topological polar surface area (TPSA) is 55.1 Å². The van der Waals surface area contributed by atoms with E-state index >= 15 is 0 Å². The molecule has 0 bridgehead atoms. The number of benzene rings is 2. The van der Waals surface area contributed by atoms with Gasteiger partial charge in [0, 0.05) is 17.2 Å². The lowest BCUT2D eigenvalue weighted by molar-refractivity contribution is -0.119. The van der Waals surface area contributed by atoms with E-state index in [1.54, 1.807) is 0 Å². The molecular weight excluding hydrogens is 300 g/mol. The molecule has 0 fully saturated rings. The predicted octanol–water partition coefficient (Wildman–Crippen LogP) is 5.18. The van der Waals surface area contributed by atoms with E-state index in [2.05, 4.69) is 17.2 Å². The first-order chi connectivity index (χ1) is 11.6. The van der Waals surface area contributed by atoms with Crippen molar-refractivity contribution in [3.8, 4) is 11.5 Å². The quantitative estimate of drug-likeness (QED) is 0.704. The van der Waals surface area contributed by atoms with Crippen LogP contribution in [0.2, 0.25) is 0 Å². The van der Waals surface area contributed by atoms with Crippen molar-refractivity contribution in [3.05, 3.63) is 48.0 Å². The van der Waals surface area contributed by atoms with Crippen molar-refractivity contribution in [2.24, 2.45) is 5.92 Å². The van der Waals surface area contributed by atoms with Gasteiger partial charge in [-0.15, -0.1) is 0 Å². The predicted molar refractivity (Wildman–Crippen MR) is 96.9 cm³/mol. The second kappa shape index (κ2) is 6.87. The zero-order valence-corrected chi connectivity index (χ0v) is 14.3. The molecule has 1 aromatic heterocycles. The molecule has 1 heterocycles. The fourth-order valence-electron chi connectivity index (χ4n) is 2.69. The standard InChI is InChI=1S/C20H22N2O2/c1-4-5-14(3)19(23)21-16-9-7-15(8-10-16)20-22-17-12-13(2)6-11-18(17)24-20/h6-12,14H,4-5H2,1-3H3,(H,21,23)/t14-/m0/s1. The fraction of sp³-hybridized carbons (Fsp3) is 0.300. The van der Waals surface area contributed by atoms with Crippen LogP contribution in [0.4, 0.5) is 5.69 Å². The fourth-order valence-corrected chi connectivity index (χ4v) is 2.69. The Balaban J connectivity index is 1.77. The van der Waals surface area contributed by atoms with Gasteiger partial charge in [0.05, 0.1) is 0 Å². The van der Waals surface area contributed by atoms with Gasteiger partial charge in [-0.1, -0.05) is 26.3 Å². The highest BCUT2D eigenvalue weighted by Gasteiger charge is 2.12. The lowest BCUT2D eigenvalue weighted by Crippen LogP contribution is -2.20. The molecule has 0 aliphatic rings. The molecule has 3 aromatic rings. The van der Waals surface area contributed by atoms with Gasteiger partial charge < -0.3 is 9.73 Å². The van der Waals surface area contributed by atoms with E-state index in [0.717, 1.165) is 40.8 Å². The number of anilines is 1. The van der Waals surface area contributed by atoms with Crippen LogP contribution in [0.3, 0.4) is 0 Å². The molecule has 1 N–H and O–H groups in total. The number of hydrogen-bond acceptors (Lipinski definition) is 3. The van der Waals surface area contributed by atoms with E-state index in [1.165, 1.54) is 0 Å². The van der Waals surface area contributed by atoms with E-state index in [0.29, 0.717) is 5.89 Å². The number of carbonyl (C=O) groups excluding carboxylic acids is 1. The summed E-state index contributed by atoms with van der Waals surface area (Å²) in [5.74, 6) is 0.671. The van der Waals surface area contributed by atoms with E-state index in [-0.39, 0.29) is 11.8 Å². The summed E-state index contributed by atoms with van der Waals surface area (Å²) in [6.07, 6.45) is 1.90. The molecule has 0 saturated carbocycles. The van der Waals surface area contributed by atoms with Gasteiger partial charge >= 0.3 is 0 Å². The van der Waals surface area contributed by atoms with E-state index in [1.807, 2.05) is 56.3 Å². The summed E-state index contributed by atoms with van der Waals surface area (Å²) >= 11 is 0. The van der Waals surface area contributed by atoms with Crippen LogP contribution in [-0.4, -0.2) is 10.9 Å². The molecule has 1 atom stereocenters. The normalized spacial score (nSPS) is 12.3. The largest absolute Gasteiger partial charge is 0.436 e. The van der Waals surface area contributed by atoms with Crippen LogP contribution >= 0.6 is 0 Å². The third-order valence-corrected chi connectivity index (χ3v) is 4.11. The van der Waals surface area contributed by atoms with Gasteiger partial charge in [-0.2, -0.15) is 0 Å². The van der Waals surface area contributed by atoms with Crippen LogP contribution in [0.1, 0.15) is 32.3 Å². The Labute approximate surface area is 141 Å². The van der Waals surface area contributed by atoms with Gasteiger partial charge in [-0.25, -0.2) is 4.98 Å². The monoisotopic (exact) mass is 322 g/mol. The molecule has 4 nitrogen and oxygen atoms in total. The summed E-state index contributed by atoms with van der Waals surface area (Å²) in [4.78, 5) is 16.6. The van der Waals surface area contributed by atoms with Gasteiger partial charge in [0.25, 0.3) is 0 Å². The molecular formula is C20H22N2O2. The Kier molecular flexibility index (Phi) is 4.65. The van der Waals surface area contributed by atoms with Crippen LogP contribution < -0.4 is 5.32 Å². The number of hydrogen-bond donors (Lipinski definition) is 1.